The molecular formula is C11H11Cl3. The molecular weight excluding hydrogens is 238 g/mol. The average Bonchev–Trinajstić information content (AvgIpc) is 2.14. The monoisotopic (exact) mass is 248 g/mol. The Morgan fingerprint density at radius 2 is 2.07 bits per heavy atom. The van der Waals surface area contributed by atoms with Crippen LogP contribution in [0.4, 0.5) is 0 Å². The smallest absolute Gasteiger partial charge is 0.0495 e. The molecule has 0 aromatic heterocycles. The summed E-state index contributed by atoms with van der Waals surface area (Å²) >= 11 is 17.4. The van der Waals surface area contributed by atoms with Crippen LogP contribution < -0.4 is 0 Å². The molecule has 0 unspecified atom stereocenters. The van der Waals surface area contributed by atoms with E-state index in [1.54, 1.807) is 6.07 Å². The lowest BCUT2D eigenvalue weighted by Gasteiger charge is -2.04. The highest BCUT2D eigenvalue weighted by atomic mass is 35.5. The van der Waals surface area contributed by atoms with Crippen molar-refractivity contribution >= 4 is 40.4 Å². The second-order valence-electron chi connectivity index (χ2n) is 2.99. The Morgan fingerprint density at radius 3 is 2.64 bits per heavy atom. The van der Waals surface area contributed by atoms with E-state index >= 15 is 0 Å². The lowest BCUT2D eigenvalue weighted by atomic mass is 10.1. The molecule has 0 bridgehead atoms. The molecule has 0 fully saturated rings. The Labute approximate surface area is 99.5 Å². The van der Waals surface area contributed by atoms with Crippen LogP contribution in [0.1, 0.15) is 18.9 Å². The summed E-state index contributed by atoms with van der Waals surface area (Å²) in [6.45, 7) is 2.02. The van der Waals surface area contributed by atoms with Gasteiger partial charge in [-0.05, 0) is 36.6 Å². The SMILES string of the molecule is C/C(=C/CCCl)c1ccc(Cl)cc1Cl. The summed E-state index contributed by atoms with van der Waals surface area (Å²) in [6.07, 6.45) is 2.93. The number of alkyl halides is 1. The van der Waals surface area contributed by atoms with Crippen LogP contribution in [0.5, 0.6) is 0 Å². The van der Waals surface area contributed by atoms with Crippen LogP contribution in [0.2, 0.25) is 10.0 Å². The maximum Gasteiger partial charge on any atom is 0.0495 e. The fraction of sp³-hybridized carbons (Fsp3) is 0.273. The number of hydrogen-bond donors (Lipinski definition) is 0. The lowest BCUT2D eigenvalue weighted by Crippen LogP contribution is -1.82. The van der Waals surface area contributed by atoms with Gasteiger partial charge in [0.1, 0.15) is 0 Å². The van der Waals surface area contributed by atoms with Gasteiger partial charge >= 0.3 is 0 Å². The first-order valence-corrected chi connectivity index (χ1v) is 5.62. The molecule has 0 atom stereocenters. The molecule has 0 amide bonds. The van der Waals surface area contributed by atoms with Crippen LogP contribution in [-0.4, -0.2) is 5.88 Å². The first-order valence-electron chi connectivity index (χ1n) is 4.33. The normalized spacial score (nSPS) is 11.9. The number of rotatable bonds is 3. The molecule has 0 nitrogen and oxygen atoms in total. The third-order valence-electron chi connectivity index (χ3n) is 1.92. The fourth-order valence-corrected chi connectivity index (χ4v) is 1.86. The van der Waals surface area contributed by atoms with Gasteiger partial charge < -0.3 is 0 Å². The molecule has 0 saturated heterocycles. The Hall–Kier alpha value is -0.170. The van der Waals surface area contributed by atoms with Crippen molar-refractivity contribution in [3.05, 3.63) is 39.9 Å². The van der Waals surface area contributed by atoms with E-state index in [-0.39, 0.29) is 0 Å². The minimum Gasteiger partial charge on any atom is -0.126 e. The van der Waals surface area contributed by atoms with E-state index < -0.39 is 0 Å². The van der Waals surface area contributed by atoms with E-state index in [0.717, 1.165) is 17.6 Å². The van der Waals surface area contributed by atoms with E-state index in [0.29, 0.717) is 15.9 Å². The third kappa shape index (κ3) is 3.20. The van der Waals surface area contributed by atoms with Gasteiger partial charge in [0.05, 0.1) is 0 Å². The summed E-state index contributed by atoms with van der Waals surface area (Å²) in [5, 5.41) is 1.34. The van der Waals surface area contributed by atoms with Crippen molar-refractivity contribution in [1.82, 2.24) is 0 Å². The van der Waals surface area contributed by atoms with E-state index in [1.807, 2.05) is 19.1 Å². The van der Waals surface area contributed by atoms with Gasteiger partial charge in [-0.15, -0.1) is 11.6 Å². The highest BCUT2D eigenvalue weighted by Crippen LogP contribution is 2.26. The van der Waals surface area contributed by atoms with Crippen molar-refractivity contribution < 1.29 is 0 Å². The van der Waals surface area contributed by atoms with E-state index in [2.05, 4.69) is 6.08 Å². The molecule has 0 aliphatic heterocycles. The van der Waals surface area contributed by atoms with Gasteiger partial charge in [-0.1, -0.05) is 35.3 Å². The van der Waals surface area contributed by atoms with Crippen molar-refractivity contribution in [3.8, 4) is 0 Å². The quantitative estimate of drug-likeness (QED) is 0.660. The van der Waals surface area contributed by atoms with Crippen LogP contribution in [0, 0.1) is 0 Å². The molecule has 1 aromatic carbocycles. The van der Waals surface area contributed by atoms with Crippen LogP contribution in [0.25, 0.3) is 5.57 Å². The molecule has 76 valence electrons. The molecule has 1 rings (SSSR count). The number of allylic oxidation sites excluding steroid dienone is 2. The second kappa shape index (κ2) is 5.65. The van der Waals surface area contributed by atoms with Crippen LogP contribution >= 0.6 is 34.8 Å². The molecule has 0 heterocycles. The van der Waals surface area contributed by atoms with Crippen LogP contribution in [0.15, 0.2) is 24.3 Å². The van der Waals surface area contributed by atoms with Gasteiger partial charge in [0, 0.05) is 15.9 Å². The Morgan fingerprint density at radius 1 is 1.36 bits per heavy atom. The molecule has 0 radical (unpaired) electrons. The zero-order valence-electron chi connectivity index (χ0n) is 7.86. The van der Waals surface area contributed by atoms with Crippen LogP contribution in [-0.2, 0) is 0 Å². The third-order valence-corrected chi connectivity index (χ3v) is 2.68. The van der Waals surface area contributed by atoms with Gasteiger partial charge in [-0.3, -0.25) is 0 Å². The Bertz CT molecular complexity index is 342. The highest BCUT2D eigenvalue weighted by Gasteiger charge is 2.02. The lowest BCUT2D eigenvalue weighted by molar-refractivity contribution is 1.23. The molecule has 0 aliphatic carbocycles. The zero-order valence-corrected chi connectivity index (χ0v) is 10.1. The maximum atomic E-state index is 6.05. The molecule has 0 N–H and O–H groups in total. The predicted octanol–water partition coefficient (Wildman–Crippen LogP) is 5.03. The minimum absolute atomic E-state index is 0.628. The van der Waals surface area contributed by atoms with Crippen LogP contribution in [0.3, 0.4) is 0 Å². The topological polar surface area (TPSA) is 0 Å². The fourth-order valence-electron chi connectivity index (χ4n) is 1.19. The van der Waals surface area contributed by atoms with E-state index in [1.165, 1.54) is 0 Å². The Kier molecular flexibility index (Phi) is 4.80. The van der Waals surface area contributed by atoms with Crippen molar-refractivity contribution in [2.75, 3.05) is 5.88 Å². The number of benzene rings is 1. The summed E-state index contributed by atoms with van der Waals surface area (Å²) in [5.74, 6) is 0.628. The van der Waals surface area contributed by atoms with Gasteiger partial charge in [-0.25, -0.2) is 0 Å². The van der Waals surface area contributed by atoms with Crippen molar-refractivity contribution in [2.45, 2.75) is 13.3 Å². The van der Waals surface area contributed by atoms with Gasteiger partial charge in [0.2, 0.25) is 0 Å². The number of hydrogen-bond acceptors (Lipinski definition) is 0. The van der Waals surface area contributed by atoms with Gasteiger partial charge in [0.15, 0.2) is 0 Å². The average molecular weight is 250 g/mol. The Balaban J connectivity index is 2.95. The molecule has 0 spiro atoms. The number of halogens is 3. The molecule has 0 aliphatic rings. The molecule has 1 aromatic rings. The van der Waals surface area contributed by atoms with Crippen molar-refractivity contribution in [1.29, 1.82) is 0 Å². The summed E-state index contributed by atoms with van der Waals surface area (Å²) in [4.78, 5) is 0. The van der Waals surface area contributed by atoms with Crippen molar-refractivity contribution in [3.63, 3.8) is 0 Å². The van der Waals surface area contributed by atoms with Gasteiger partial charge in [0.25, 0.3) is 0 Å². The standard InChI is InChI=1S/C11H11Cl3/c1-8(3-2-6-12)10-5-4-9(13)7-11(10)14/h3-5,7H,2,6H2,1H3/b8-3-. The second-order valence-corrected chi connectivity index (χ2v) is 4.21. The highest BCUT2D eigenvalue weighted by molar-refractivity contribution is 6.35. The molecule has 3 heteroatoms. The largest absolute Gasteiger partial charge is 0.126 e. The van der Waals surface area contributed by atoms with E-state index in [4.69, 9.17) is 34.8 Å². The van der Waals surface area contributed by atoms with E-state index in [9.17, 15) is 0 Å². The summed E-state index contributed by atoms with van der Waals surface area (Å²) in [5.41, 5.74) is 2.15. The summed E-state index contributed by atoms with van der Waals surface area (Å²) < 4.78 is 0. The molecule has 14 heavy (non-hydrogen) atoms. The summed E-state index contributed by atoms with van der Waals surface area (Å²) in [7, 11) is 0. The predicted molar refractivity (Wildman–Crippen MR) is 65.5 cm³/mol. The summed E-state index contributed by atoms with van der Waals surface area (Å²) in [6, 6.07) is 5.50. The van der Waals surface area contributed by atoms with Crippen molar-refractivity contribution in [2.24, 2.45) is 0 Å². The maximum absolute atomic E-state index is 6.05. The van der Waals surface area contributed by atoms with Gasteiger partial charge in [-0.2, -0.15) is 0 Å². The minimum atomic E-state index is 0.628. The zero-order chi connectivity index (χ0) is 10.6. The molecule has 0 saturated carbocycles. The first kappa shape index (κ1) is 11.9. The first-order chi connectivity index (χ1) is 6.65.